The van der Waals surface area contributed by atoms with E-state index in [-0.39, 0.29) is 17.3 Å². The van der Waals surface area contributed by atoms with Gasteiger partial charge in [0.2, 0.25) is 0 Å². The summed E-state index contributed by atoms with van der Waals surface area (Å²) in [5.74, 6) is -1.32. The molecule has 6 heteroatoms. The lowest BCUT2D eigenvalue weighted by Crippen LogP contribution is -2.21. The van der Waals surface area contributed by atoms with Crippen LogP contribution in [0, 0.1) is 5.92 Å². The van der Waals surface area contributed by atoms with Crippen molar-refractivity contribution in [3.8, 4) is 0 Å². The summed E-state index contributed by atoms with van der Waals surface area (Å²) in [5.41, 5.74) is 0.706. The van der Waals surface area contributed by atoms with Crippen LogP contribution in [0.25, 0.3) is 0 Å². The topological polar surface area (TPSA) is 64.8 Å². The zero-order valence-electron chi connectivity index (χ0n) is 10.5. The highest BCUT2D eigenvalue weighted by Crippen LogP contribution is 2.17. The maximum atomic E-state index is 12.2. The van der Waals surface area contributed by atoms with Crippen molar-refractivity contribution in [1.82, 2.24) is 15.0 Å². The molecule has 0 radical (unpaired) electrons. The van der Waals surface area contributed by atoms with E-state index in [2.05, 4.69) is 26.2 Å². The van der Waals surface area contributed by atoms with Gasteiger partial charge in [0.15, 0.2) is 11.6 Å². The highest BCUT2D eigenvalue weighted by molar-refractivity contribution is 9.10. The van der Waals surface area contributed by atoms with Gasteiger partial charge >= 0.3 is 0 Å². The number of nitrogens with zero attached hydrogens (tertiary/aromatic N) is 3. The van der Waals surface area contributed by atoms with E-state index in [0.29, 0.717) is 5.56 Å². The molecule has 0 aliphatic rings. The Kier molecular flexibility index (Phi) is 3.90. The van der Waals surface area contributed by atoms with Crippen molar-refractivity contribution in [2.45, 2.75) is 6.92 Å². The molecule has 1 atom stereocenters. The van der Waals surface area contributed by atoms with Crippen molar-refractivity contribution in [3.63, 3.8) is 0 Å². The molecule has 0 aliphatic heterocycles. The molecule has 1 aromatic heterocycles. The van der Waals surface area contributed by atoms with Gasteiger partial charge in [0.25, 0.3) is 0 Å². The highest BCUT2D eigenvalue weighted by Gasteiger charge is 2.25. The SMILES string of the molecule is CC(C(=O)c1cccc(Br)c1)C(=O)c1cn(C)nn1. The molecule has 2 aromatic rings. The Morgan fingerprint density at radius 3 is 2.63 bits per heavy atom. The molecular weight excluding hydrogens is 310 g/mol. The van der Waals surface area contributed by atoms with Gasteiger partial charge in [-0.3, -0.25) is 14.3 Å². The first kappa shape index (κ1) is 13.6. The van der Waals surface area contributed by atoms with E-state index in [1.165, 1.54) is 10.9 Å². The zero-order valence-corrected chi connectivity index (χ0v) is 12.1. The van der Waals surface area contributed by atoms with Crippen LogP contribution < -0.4 is 0 Å². The molecule has 1 unspecified atom stereocenters. The van der Waals surface area contributed by atoms with Gasteiger partial charge in [-0.1, -0.05) is 33.3 Å². The summed E-state index contributed by atoms with van der Waals surface area (Å²) in [5, 5.41) is 7.43. The van der Waals surface area contributed by atoms with E-state index in [9.17, 15) is 9.59 Å². The van der Waals surface area contributed by atoms with Crippen LogP contribution in [0.3, 0.4) is 0 Å². The van der Waals surface area contributed by atoms with Crippen LogP contribution >= 0.6 is 15.9 Å². The van der Waals surface area contributed by atoms with Crippen molar-refractivity contribution >= 4 is 27.5 Å². The summed E-state index contributed by atoms with van der Waals surface area (Å²) in [4.78, 5) is 24.3. The van der Waals surface area contributed by atoms with Crippen LogP contribution in [0.5, 0.6) is 0 Å². The fourth-order valence-electron chi connectivity index (χ4n) is 1.69. The Labute approximate surface area is 118 Å². The van der Waals surface area contributed by atoms with Crippen molar-refractivity contribution in [2.75, 3.05) is 0 Å². The molecule has 0 N–H and O–H groups in total. The number of aryl methyl sites for hydroxylation is 1. The molecule has 0 amide bonds. The smallest absolute Gasteiger partial charge is 0.195 e. The molecule has 0 saturated carbocycles. The predicted molar refractivity (Wildman–Crippen MR) is 73.0 cm³/mol. The first-order chi connectivity index (χ1) is 8.99. The van der Waals surface area contributed by atoms with Crippen molar-refractivity contribution in [2.24, 2.45) is 13.0 Å². The lowest BCUT2D eigenvalue weighted by Gasteiger charge is -2.07. The van der Waals surface area contributed by atoms with Crippen LogP contribution in [0.2, 0.25) is 0 Å². The maximum absolute atomic E-state index is 12.2. The highest BCUT2D eigenvalue weighted by atomic mass is 79.9. The quantitative estimate of drug-likeness (QED) is 0.640. The molecule has 5 nitrogen and oxygen atoms in total. The number of carbonyl (C=O) groups excluding carboxylic acids is 2. The minimum Gasteiger partial charge on any atom is -0.293 e. The fourth-order valence-corrected chi connectivity index (χ4v) is 2.09. The van der Waals surface area contributed by atoms with E-state index >= 15 is 0 Å². The molecule has 0 fully saturated rings. The summed E-state index contributed by atoms with van der Waals surface area (Å²) in [6.45, 7) is 1.58. The third kappa shape index (κ3) is 2.96. The molecule has 2 rings (SSSR count). The fraction of sp³-hybridized carbons (Fsp3) is 0.231. The second kappa shape index (κ2) is 5.44. The molecule has 1 aromatic carbocycles. The number of Topliss-reactive ketones (excluding diaryl/α,β-unsaturated/α-hetero) is 2. The van der Waals surface area contributed by atoms with E-state index in [1.54, 1.807) is 32.2 Å². The molecule has 1 heterocycles. The van der Waals surface area contributed by atoms with Gasteiger partial charge in [0.1, 0.15) is 5.69 Å². The second-order valence-electron chi connectivity index (χ2n) is 4.24. The monoisotopic (exact) mass is 321 g/mol. The molecule has 0 aliphatic carbocycles. The minimum absolute atomic E-state index is 0.207. The average Bonchev–Trinajstić information content (AvgIpc) is 2.83. The van der Waals surface area contributed by atoms with Crippen LogP contribution in [0.15, 0.2) is 34.9 Å². The molecule has 19 heavy (non-hydrogen) atoms. The number of hydrogen-bond acceptors (Lipinski definition) is 4. The van der Waals surface area contributed by atoms with Gasteiger partial charge in [0, 0.05) is 17.1 Å². The van der Waals surface area contributed by atoms with Crippen LogP contribution in [-0.4, -0.2) is 26.6 Å². The number of halogens is 1. The molecule has 0 saturated heterocycles. The number of rotatable bonds is 4. The first-order valence-electron chi connectivity index (χ1n) is 5.69. The van der Waals surface area contributed by atoms with Crippen LogP contribution in [-0.2, 0) is 7.05 Å². The van der Waals surface area contributed by atoms with Gasteiger partial charge in [-0.05, 0) is 19.1 Å². The first-order valence-corrected chi connectivity index (χ1v) is 6.48. The Hall–Kier alpha value is -1.82. The summed E-state index contributed by atoms with van der Waals surface area (Å²) < 4.78 is 2.24. The molecule has 0 bridgehead atoms. The summed E-state index contributed by atoms with van der Waals surface area (Å²) in [7, 11) is 1.67. The summed E-state index contributed by atoms with van der Waals surface area (Å²) >= 11 is 3.30. The van der Waals surface area contributed by atoms with Crippen molar-refractivity contribution in [3.05, 3.63) is 46.2 Å². The van der Waals surface area contributed by atoms with Gasteiger partial charge in [-0.2, -0.15) is 0 Å². The molecular formula is C13H12BrN3O2. The van der Waals surface area contributed by atoms with Gasteiger partial charge in [0.05, 0.1) is 12.1 Å². The van der Waals surface area contributed by atoms with E-state index < -0.39 is 5.92 Å². The number of carbonyl (C=O) groups is 2. The second-order valence-corrected chi connectivity index (χ2v) is 5.15. The van der Waals surface area contributed by atoms with Crippen molar-refractivity contribution in [1.29, 1.82) is 0 Å². The zero-order chi connectivity index (χ0) is 14.0. The van der Waals surface area contributed by atoms with E-state index in [0.717, 1.165) is 4.47 Å². The third-order valence-corrected chi connectivity index (χ3v) is 3.24. The van der Waals surface area contributed by atoms with Crippen molar-refractivity contribution < 1.29 is 9.59 Å². The Morgan fingerprint density at radius 1 is 1.32 bits per heavy atom. The largest absolute Gasteiger partial charge is 0.293 e. The Morgan fingerprint density at radius 2 is 2.05 bits per heavy atom. The minimum atomic E-state index is -0.772. The number of aromatic nitrogens is 3. The van der Waals surface area contributed by atoms with Gasteiger partial charge < -0.3 is 0 Å². The van der Waals surface area contributed by atoms with Crippen LogP contribution in [0.1, 0.15) is 27.8 Å². The number of ketones is 2. The summed E-state index contributed by atoms with van der Waals surface area (Å²) in [6.07, 6.45) is 1.51. The Bertz CT molecular complexity index is 636. The van der Waals surface area contributed by atoms with Crippen LogP contribution in [0.4, 0.5) is 0 Å². The lowest BCUT2D eigenvalue weighted by molar-refractivity contribution is 0.0817. The van der Waals surface area contributed by atoms with Gasteiger partial charge in [-0.15, -0.1) is 5.10 Å². The standard InChI is InChI=1S/C13H12BrN3O2/c1-8(13(19)11-7-17(2)16-15-11)12(18)9-4-3-5-10(14)6-9/h3-8H,1-2H3. The average molecular weight is 322 g/mol. The predicted octanol–water partition coefficient (Wildman–Crippen LogP) is 2.28. The molecule has 0 spiro atoms. The number of hydrogen-bond donors (Lipinski definition) is 0. The molecule has 98 valence electrons. The lowest BCUT2D eigenvalue weighted by atomic mass is 9.94. The normalized spacial score (nSPS) is 12.2. The Balaban J connectivity index is 2.22. The van der Waals surface area contributed by atoms with Gasteiger partial charge in [-0.25, -0.2) is 0 Å². The number of benzene rings is 1. The summed E-state index contributed by atoms with van der Waals surface area (Å²) in [6, 6.07) is 6.97. The maximum Gasteiger partial charge on any atom is 0.195 e. The third-order valence-electron chi connectivity index (χ3n) is 2.75. The van der Waals surface area contributed by atoms with E-state index in [1.807, 2.05) is 6.07 Å². The van der Waals surface area contributed by atoms with E-state index in [4.69, 9.17) is 0 Å².